The molecule has 1 heterocycles. The molecule has 0 aromatic carbocycles. The van der Waals surface area contributed by atoms with E-state index in [-0.39, 0.29) is 30.6 Å². The number of hydrogen-bond acceptors (Lipinski definition) is 4. The Balaban J connectivity index is 1.94. The average molecular weight is 412 g/mol. The van der Waals surface area contributed by atoms with E-state index in [0.717, 1.165) is 12.8 Å². The monoisotopic (exact) mass is 411 g/mol. The van der Waals surface area contributed by atoms with Crippen molar-refractivity contribution >= 4 is 11.9 Å². The molecule has 170 valence electrons. The lowest BCUT2D eigenvalue weighted by Gasteiger charge is -2.15. The molecule has 1 N–H and O–H groups in total. The number of amides is 1. The summed E-state index contributed by atoms with van der Waals surface area (Å²) < 4.78 is 10.6. The van der Waals surface area contributed by atoms with Gasteiger partial charge in [-0.2, -0.15) is 0 Å². The summed E-state index contributed by atoms with van der Waals surface area (Å²) in [6.07, 6.45) is 18.4. The molecule has 0 aromatic heterocycles. The topological polar surface area (TPSA) is 67.9 Å². The predicted octanol–water partition coefficient (Wildman–Crippen LogP) is 5.69. The zero-order valence-electron chi connectivity index (χ0n) is 19.4. The molecule has 0 aliphatic carbocycles. The first kappa shape index (κ1) is 25.9. The molecule has 5 nitrogen and oxygen atoms in total. The van der Waals surface area contributed by atoms with Crippen molar-refractivity contribution in [2.45, 2.75) is 135 Å². The Labute approximate surface area is 178 Å². The Kier molecular flexibility index (Phi) is 13.2. The SMILES string of the molecule is CCCCCCCCCCCCCCC[C@H]1O[C@]1(C)C(=O)N[C@@H](C)COC(C)=O. The van der Waals surface area contributed by atoms with Crippen LogP contribution in [0, 0.1) is 0 Å². The predicted molar refractivity (Wildman–Crippen MR) is 118 cm³/mol. The van der Waals surface area contributed by atoms with Crippen LogP contribution in [0.5, 0.6) is 0 Å². The third-order valence-corrected chi connectivity index (χ3v) is 5.88. The van der Waals surface area contributed by atoms with Crippen molar-refractivity contribution in [3.8, 4) is 0 Å². The van der Waals surface area contributed by atoms with Gasteiger partial charge in [0.1, 0.15) is 6.61 Å². The van der Waals surface area contributed by atoms with Gasteiger partial charge in [-0.1, -0.05) is 90.4 Å². The van der Waals surface area contributed by atoms with Gasteiger partial charge in [-0.15, -0.1) is 0 Å². The first-order valence-electron chi connectivity index (χ1n) is 12.0. The number of carbonyl (C=O) groups excluding carboxylic acids is 2. The van der Waals surface area contributed by atoms with Crippen LogP contribution in [0.4, 0.5) is 0 Å². The van der Waals surface area contributed by atoms with E-state index in [1.54, 1.807) is 0 Å². The van der Waals surface area contributed by atoms with Crippen molar-refractivity contribution in [3.05, 3.63) is 0 Å². The zero-order chi connectivity index (χ0) is 21.5. The van der Waals surface area contributed by atoms with Gasteiger partial charge in [0.25, 0.3) is 5.91 Å². The molecule has 3 atom stereocenters. The second kappa shape index (κ2) is 14.8. The third kappa shape index (κ3) is 11.6. The minimum absolute atomic E-state index is 0.0242. The molecule has 1 fully saturated rings. The molecule has 1 amide bonds. The molecule has 29 heavy (non-hydrogen) atoms. The molecule has 5 heteroatoms. The maximum atomic E-state index is 12.3. The van der Waals surface area contributed by atoms with E-state index in [4.69, 9.17) is 9.47 Å². The van der Waals surface area contributed by atoms with Gasteiger partial charge in [-0.25, -0.2) is 0 Å². The van der Waals surface area contributed by atoms with Crippen LogP contribution in [0.3, 0.4) is 0 Å². The fourth-order valence-corrected chi connectivity index (χ4v) is 3.79. The summed E-state index contributed by atoms with van der Waals surface area (Å²) in [5.74, 6) is -0.433. The Hall–Kier alpha value is -1.10. The highest BCUT2D eigenvalue weighted by Gasteiger charge is 2.57. The quantitative estimate of drug-likeness (QED) is 0.179. The molecule has 1 saturated heterocycles. The lowest BCUT2D eigenvalue weighted by molar-refractivity contribution is -0.142. The Morgan fingerprint density at radius 2 is 1.41 bits per heavy atom. The highest BCUT2D eigenvalue weighted by atomic mass is 16.6. The number of rotatable bonds is 18. The number of esters is 1. The number of ether oxygens (including phenoxy) is 2. The van der Waals surface area contributed by atoms with E-state index < -0.39 is 5.60 Å². The van der Waals surface area contributed by atoms with Crippen LogP contribution in [0.15, 0.2) is 0 Å². The van der Waals surface area contributed by atoms with Crippen LogP contribution in [0.1, 0.15) is 118 Å². The molecule has 0 aromatic rings. The van der Waals surface area contributed by atoms with Crippen LogP contribution >= 0.6 is 0 Å². The molecule has 1 aliphatic rings. The number of nitrogens with one attached hydrogen (secondary N) is 1. The van der Waals surface area contributed by atoms with Gasteiger partial charge >= 0.3 is 5.97 Å². The van der Waals surface area contributed by atoms with Crippen LogP contribution in [0.2, 0.25) is 0 Å². The minimum atomic E-state index is -0.707. The van der Waals surface area contributed by atoms with E-state index in [9.17, 15) is 9.59 Å². The van der Waals surface area contributed by atoms with Gasteiger partial charge in [0.2, 0.25) is 0 Å². The Morgan fingerprint density at radius 1 is 0.931 bits per heavy atom. The van der Waals surface area contributed by atoms with Crippen molar-refractivity contribution in [3.63, 3.8) is 0 Å². The largest absolute Gasteiger partial charge is 0.464 e. The maximum absolute atomic E-state index is 12.3. The van der Waals surface area contributed by atoms with E-state index in [1.807, 2.05) is 13.8 Å². The van der Waals surface area contributed by atoms with E-state index in [1.165, 1.54) is 84.0 Å². The van der Waals surface area contributed by atoms with E-state index >= 15 is 0 Å². The lowest BCUT2D eigenvalue weighted by Crippen LogP contribution is -2.44. The Bertz CT molecular complexity index is 468. The van der Waals surface area contributed by atoms with Gasteiger partial charge in [-0.3, -0.25) is 9.59 Å². The third-order valence-electron chi connectivity index (χ3n) is 5.88. The smallest absolute Gasteiger partial charge is 0.302 e. The summed E-state index contributed by atoms with van der Waals surface area (Å²) in [5, 5.41) is 2.88. The maximum Gasteiger partial charge on any atom is 0.302 e. The van der Waals surface area contributed by atoms with Crippen molar-refractivity contribution in [1.82, 2.24) is 5.32 Å². The first-order chi connectivity index (χ1) is 13.9. The van der Waals surface area contributed by atoms with Gasteiger partial charge in [0.15, 0.2) is 5.60 Å². The van der Waals surface area contributed by atoms with E-state index in [2.05, 4.69) is 12.2 Å². The molecule has 0 unspecified atom stereocenters. The molecule has 0 saturated carbocycles. The van der Waals surface area contributed by atoms with Crippen molar-refractivity contribution in [2.24, 2.45) is 0 Å². The molecule has 0 spiro atoms. The van der Waals surface area contributed by atoms with Crippen molar-refractivity contribution in [2.75, 3.05) is 6.61 Å². The number of unbranched alkanes of at least 4 members (excludes halogenated alkanes) is 12. The summed E-state index contributed by atoms with van der Waals surface area (Å²) in [6.45, 7) is 7.51. The van der Waals surface area contributed by atoms with Gasteiger partial charge in [0.05, 0.1) is 12.1 Å². The van der Waals surface area contributed by atoms with Gasteiger partial charge < -0.3 is 14.8 Å². The minimum Gasteiger partial charge on any atom is -0.464 e. The first-order valence-corrected chi connectivity index (χ1v) is 12.0. The van der Waals surface area contributed by atoms with Crippen LogP contribution in [-0.4, -0.2) is 36.2 Å². The zero-order valence-corrected chi connectivity index (χ0v) is 19.4. The molecule has 1 rings (SSSR count). The Morgan fingerprint density at radius 3 is 1.90 bits per heavy atom. The molecule has 1 aliphatic heterocycles. The van der Waals surface area contributed by atoms with Gasteiger partial charge in [-0.05, 0) is 20.3 Å². The number of epoxide rings is 1. The number of carbonyl (C=O) groups is 2. The fraction of sp³-hybridized carbons (Fsp3) is 0.917. The van der Waals surface area contributed by atoms with Crippen LogP contribution in [-0.2, 0) is 19.1 Å². The number of hydrogen-bond donors (Lipinski definition) is 1. The van der Waals surface area contributed by atoms with Crippen LogP contribution in [0.25, 0.3) is 0 Å². The highest BCUT2D eigenvalue weighted by Crippen LogP contribution is 2.39. The average Bonchev–Trinajstić information content (AvgIpc) is 3.35. The summed E-state index contributed by atoms with van der Waals surface area (Å²) >= 11 is 0. The molecule has 0 bridgehead atoms. The highest BCUT2D eigenvalue weighted by molar-refractivity contribution is 5.88. The van der Waals surface area contributed by atoms with E-state index in [0.29, 0.717) is 0 Å². The summed E-state index contributed by atoms with van der Waals surface area (Å²) in [5.41, 5.74) is -0.707. The fourth-order valence-electron chi connectivity index (χ4n) is 3.79. The van der Waals surface area contributed by atoms with Crippen molar-refractivity contribution in [1.29, 1.82) is 0 Å². The summed E-state index contributed by atoms with van der Waals surface area (Å²) in [4.78, 5) is 23.2. The molecular formula is C24H45NO4. The second-order valence-electron chi connectivity index (χ2n) is 8.92. The standard InChI is InChI=1S/C24H45NO4/c1-5-6-7-8-9-10-11-12-13-14-15-16-17-18-22-24(4,29-22)23(27)25-20(2)19-28-21(3)26/h20,22H,5-19H2,1-4H3,(H,25,27)/t20-,22+,24-/m0/s1. The molecular weight excluding hydrogens is 366 g/mol. The van der Waals surface area contributed by atoms with Crippen molar-refractivity contribution < 1.29 is 19.1 Å². The summed E-state index contributed by atoms with van der Waals surface area (Å²) in [6, 6.07) is -0.204. The normalized spacial score (nSPS) is 21.6. The van der Waals surface area contributed by atoms with Gasteiger partial charge in [0, 0.05) is 6.92 Å². The van der Waals surface area contributed by atoms with Crippen LogP contribution < -0.4 is 5.32 Å². The summed E-state index contributed by atoms with van der Waals surface area (Å²) in [7, 11) is 0. The second-order valence-corrected chi connectivity index (χ2v) is 8.92. The molecule has 0 radical (unpaired) electrons. The lowest BCUT2D eigenvalue weighted by atomic mass is 10.00.